The van der Waals surface area contributed by atoms with E-state index in [4.69, 9.17) is 9.47 Å². The summed E-state index contributed by atoms with van der Waals surface area (Å²) in [5.74, 6) is -0.268. The lowest BCUT2D eigenvalue weighted by molar-refractivity contribution is -0.143. The summed E-state index contributed by atoms with van der Waals surface area (Å²) in [6.45, 7) is 2.41. The summed E-state index contributed by atoms with van der Waals surface area (Å²) in [7, 11) is 1.31. The minimum Gasteiger partial charge on any atom is -0.488 e. The highest BCUT2D eigenvalue weighted by atomic mass is 16.5. The lowest BCUT2D eigenvalue weighted by Gasteiger charge is -2.18. The van der Waals surface area contributed by atoms with Crippen LogP contribution in [0.5, 0.6) is 5.75 Å². The number of hydrogen-bond donors (Lipinski definition) is 0. The summed E-state index contributed by atoms with van der Waals surface area (Å²) in [5.41, 5.74) is 0.333. The van der Waals surface area contributed by atoms with Gasteiger partial charge in [-0.15, -0.1) is 0 Å². The van der Waals surface area contributed by atoms with Crippen molar-refractivity contribution in [2.24, 2.45) is 0 Å². The average molecular weight is 301 g/mol. The van der Waals surface area contributed by atoms with Crippen molar-refractivity contribution in [3.63, 3.8) is 0 Å². The van der Waals surface area contributed by atoms with Gasteiger partial charge in [-0.3, -0.25) is 9.36 Å². The molecule has 0 radical (unpaired) electrons. The molecule has 2 aromatic rings. The van der Waals surface area contributed by atoms with Crippen molar-refractivity contribution in [2.45, 2.75) is 19.4 Å². The fraction of sp³-hybridized carbons (Fsp3) is 0.294. The van der Waals surface area contributed by atoms with Crippen LogP contribution in [0.2, 0.25) is 0 Å². The van der Waals surface area contributed by atoms with Gasteiger partial charge in [-0.25, -0.2) is 4.79 Å². The average Bonchev–Trinajstić information content (AvgIpc) is 2.56. The third-order valence-corrected chi connectivity index (χ3v) is 3.22. The van der Waals surface area contributed by atoms with Crippen LogP contribution in [0.25, 0.3) is 0 Å². The number of rotatable bonds is 6. The number of pyridine rings is 1. The highest BCUT2D eigenvalue weighted by Gasteiger charge is 2.25. The van der Waals surface area contributed by atoms with Crippen molar-refractivity contribution in [3.8, 4) is 5.75 Å². The van der Waals surface area contributed by atoms with Crippen LogP contribution >= 0.6 is 0 Å². The predicted octanol–water partition coefficient (Wildman–Crippen LogP) is 2.40. The maximum Gasteiger partial charge on any atom is 0.333 e. The fourth-order valence-corrected chi connectivity index (χ4v) is 2.17. The summed E-state index contributed by atoms with van der Waals surface area (Å²) in [5, 5.41) is 0. The van der Waals surface area contributed by atoms with Gasteiger partial charge in [0.15, 0.2) is 11.8 Å². The quantitative estimate of drug-likeness (QED) is 0.769. The molecule has 0 fully saturated rings. The first-order valence-electron chi connectivity index (χ1n) is 7.15. The molecule has 2 rings (SSSR count). The van der Waals surface area contributed by atoms with Crippen LogP contribution in [0.4, 0.5) is 0 Å². The summed E-state index contributed by atoms with van der Waals surface area (Å²) in [6.07, 6.45) is 2.36. The Kier molecular flexibility index (Phi) is 5.36. The van der Waals surface area contributed by atoms with Crippen molar-refractivity contribution >= 4 is 5.97 Å². The topological polar surface area (TPSA) is 57.5 Å². The van der Waals surface area contributed by atoms with Crippen LogP contribution in [0.3, 0.4) is 0 Å². The van der Waals surface area contributed by atoms with Gasteiger partial charge < -0.3 is 9.47 Å². The Balaban J connectivity index is 2.49. The monoisotopic (exact) mass is 301 g/mol. The third kappa shape index (κ3) is 3.36. The number of benzene rings is 1. The van der Waals surface area contributed by atoms with Gasteiger partial charge in [0.05, 0.1) is 13.7 Å². The first-order chi connectivity index (χ1) is 10.7. The van der Waals surface area contributed by atoms with Crippen LogP contribution in [0, 0.1) is 0 Å². The number of carbonyl (C=O) groups excluding carboxylic acids is 1. The number of ether oxygens (including phenoxy) is 2. The smallest absolute Gasteiger partial charge is 0.333 e. The largest absolute Gasteiger partial charge is 0.488 e. The zero-order valence-electron chi connectivity index (χ0n) is 12.7. The number of esters is 1. The molecule has 0 saturated carbocycles. The minimum atomic E-state index is -0.830. The highest BCUT2D eigenvalue weighted by molar-refractivity contribution is 5.78. The van der Waals surface area contributed by atoms with Gasteiger partial charge in [0.25, 0.3) is 5.56 Å². The molecule has 0 spiro atoms. The van der Waals surface area contributed by atoms with Gasteiger partial charge in [0.1, 0.15) is 0 Å². The molecule has 1 aromatic heterocycles. The number of methoxy groups -OCH3 is 1. The van der Waals surface area contributed by atoms with Crippen LogP contribution in [0.15, 0.2) is 53.5 Å². The van der Waals surface area contributed by atoms with Crippen LogP contribution in [-0.2, 0) is 9.53 Å². The second kappa shape index (κ2) is 7.45. The summed E-state index contributed by atoms with van der Waals surface area (Å²) in [4.78, 5) is 24.7. The van der Waals surface area contributed by atoms with Crippen molar-refractivity contribution in [1.82, 2.24) is 4.57 Å². The first-order valence-corrected chi connectivity index (χ1v) is 7.15. The van der Waals surface area contributed by atoms with E-state index < -0.39 is 12.0 Å². The highest BCUT2D eigenvalue weighted by Crippen LogP contribution is 2.19. The van der Waals surface area contributed by atoms with Crippen LogP contribution < -0.4 is 10.3 Å². The first kappa shape index (κ1) is 15.8. The molecular weight excluding hydrogens is 282 g/mol. The summed E-state index contributed by atoms with van der Waals surface area (Å²) in [6, 6.07) is 11.5. The maximum atomic E-state index is 12.5. The van der Waals surface area contributed by atoms with Gasteiger partial charge in [-0.2, -0.15) is 0 Å². The molecule has 5 heteroatoms. The molecule has 0 amide bonds. The van der Waals surface area contributed by atoms with Crippen LogP contribution in [-0.4, -0.2) is 24.3 Å². The molecule has 0 aliphatic carbocycles. The molecule has 22 heavy (non-hydrogen) atoms. The summed E-state index contributed by atoms with van der Waals surface area (Å²) < 4.78 is 11.6. The molecular formula is C17H19NO4. The molecule has 0 aliphatic rings. The lowest BCUT2D eigenvalue weighted by Crippen LogP contribution is -2.31. The van der Waals surface area contributed by atoms with Gasteiger partial charge in [-0.1, -0.05) is 37.3 Å². The number of nitrogens with zero attached hydrogens (tertiary/aromatic N) is 1. The zero-order valence-corrected chi connectivity index (χ0v) is 12.7. The van der Waals surface area contributed by atoms with Crippen molar-refractivity contribution in [1.29, 1.82) is 0 Å². The number of aromatic nitrogens is 1. The Morgan fingerprint density at radius 2 is 1.91 bits per heavy atom. The maximum absolute atomic E-state index is 12.5. The molecule has 1 heterocycles. The summed E-state index contributed by atoms with van der Waals surface area (Å²) >= 11 is 0. The molecule has 0 saturated heterocycles. The molecule has 5 nitrogen and oxygen atoms in total. The van der Waals surface area contributed by atoms with E-state index in [1.165, 1.54) is 11.7 Å². The van der Waals surface area contributed by atoms with E-state index in [1.54, 1.807) is 30.5 Å². The minimum absolute atomic E-state index is 0.231. The lowest BCUT2D eigenvalue weighted by atomic mass is 10.1. The molecule has 116 valence electrons. The Labute approximate surface area is 129 Å². The standard InChI is InChI=1S/C17H19NO4/c1-3-12-22-14-10-7-11-18(16(14)19)15(17(20)21-2)13-8-5-4-6-9-13/h4-11,15H,3,12H2,1-2H3. The molecule has 0 N–H and O–H groups in total. The van der Waals surface area contributed by atoms with Gasteiger partial charge in [-0.05, 0) is 24.1 Å². The molecule has 0 aliphatic heterocycles. The van der Waals surface area contributed by atoms with Crippen molar-refractivity contribution in [3.05, 3.63) is 64.6 Å². The van der Waals surface area contributed by atoms with Gasteiger partial charge in [0, 0.05) is 6.20 Å². The van der Waals surface area contributed by atoms with Crippen molar-refractivity contribution < 1.29 is 14.3 Å². The van der Waals surface area contributed by atoms with E-state index >= 15 is 0 Å². The van der Waals surface area contributed by atoms with E-state index in [2.05, 4.69) is 0 Å². The number of hydrogen-bond acceptors (Lipinski definition) is 4. The Morgan fingerprint density at radius 1 is 1.18 bits per heavy atom. The molecule has 0 bridgehead atoms. The Hall–Kier alpha value is -2.56. The predicted molar refractivity (Wildman–Crippen MR) is 83.1 cm³/mol. The van der Waals surface area contributed by atoms with Gasteiger partial charge >= 0.3 is 5.97 Å². The Morgan fingerprint density at radius 3 is 2.55 bits per heavy atom. The van der Waals surface area contributed by atoms with E-state index in [1.807, 2.05) is 25.1 Å². The van der Waals surface area contributed by atoms with Crippen molar-refractivity contribution in [2.75, 3.05) is 13.7 Å². The normalized spacial score (nSPS) is 11.7. The SMILES string of the molecule is CCCOc1cccn(C(C(=O)OC)c2ccccc2)c1=O. The van der Waals surface area contributed by atoms with E-state index in [-0.39, 0.29) is 11.3 Å². The molecule has 1 aromatic carbocycles. The van der Waals surface area contributed by atoms with Crippen LogP contribution in [0.1, 0.15) is 24.9 Å². The van der Waals surface area contributed by atoms with Gasteiger partial charge in [0.2, 0.25) is 0 Å². The fourth-order valence-electron chi connectivity index (χ4n) is 2.17. The van der Waals surface area contributed by atoms with E-state index in [0.717, 1.165) is 6.42 Å². The second-order valence-electron chi connectivity index (χ2n) is 4.77. The number of carbonyl (C=O) groups is 1. The molecule has 1 atom stereocenters. The third-order valence-electron chi connectivity index (χ3n) is 3.22. The second-order valence-corrected chi connectivity index (χ2v) is 4.77. The Bertz CT molecular complexity index is 679. The van der Waals surface area contributed by atoms with E-state index in [0.29, 0.717) is 12.2 Å². The zero-order chi connectivity index (χ0) is 15.9. The molecule has 1 unspecified atom stereocenters. The van der Waals surface area contributed by atoms with E-state index in [9.17, 15) is 9.59 Å².